The molecule has 0 aromatic heterocycles. The number of benzene rings is 1. The van der Waals surface area contributed by atoms with Gasteiger partial charge in [-0.15, -0.1) is 11.8 Å². The van der Waals surface area contributed by atoms with Crippen molar-refractivity contribution in [1.82, 2.24) is 0 Å². The second-order valence-electron chi connectivity index (χ2n) is 3.43. The Bertz CT molecular complexity index is 235. The molecule has 1 aromatic rings. The molecule has 2 heteroatoms. The largest absolute Gasteiger partial charge is 0.126 e. The second kappa shape index (κ2) is 7.36. The Kier molecular flexibility index (Phi) is 6.37. The predicted octanol–water partition coefficient (Wildman–Crippen LogP) is 4.59. The van der Waals surface area contributed by atoms with Crippen molar-refractivity contribution in [3.63, 3.8) is 0 Å². The van der Waals surface area contributed by atoms with Gasteiger partial charge in [0.2, 0.25) is 0 Å². The van der Waals surface area contributed by atoms with Crippen molar-refractivity contribution in [1.29, 1.82) is 0 Å². The summed E-state index contributed by atoms with van der Waals surface area (Å²) in [6.07, 6.45) is 2.61. The average Bonchev–Trinajstić information content (AvgIpc) is 2.25. The van der Waals surface area contributed by atoms with Crippen LogP contribution in [0, 0.1) is 5.92 Å². The van der Waals surface area contributed by atoms with Crippen LogP contribution in [0.15, 0.2) is 35.2 Å². The number of alkyl halides is 1. The molecule has 0 bridgehead atoms. The standard InChI is InChI=1S/C12H17BrS/c1-2-6-11(9-13)10-14-12-7-4-3-5-8-12/h3-5,7-8,11H,2,6,9-10H2,1H3. The first-order valence-electron chi connectivity index (χ1n) is 5.10. The first kappa shape index (κ1) is 12.1. The molecule has 1 aromatic carbocycles. The lowest BCUT2D eigenvalue weighted by Crippen LogP contribution is -2.04. The van der Waals surface area contributed by atoms with Gasteiger partial charge in [0, 0.05) is 16.0 Å². The van der Waals surface area contributed by atoms with E-state index in [1.807, 2.05) is 11.8 Å². The first-order chi connectivity index (χ1) is 6.86. The highest BCUT2D eigenvalue weighted by Gasteiger charge is 2.06. The van der Waals surface area contributed by atoms with Gasteiger partial charge in [-0.25, -0.2) is 0 Å². The van der Waals surface area contributed by atoms with Gasteiger partial charge in [0.25, 0.3) is 0 Å². The van der Waals surface area contributed by atoms with Crippen LogP contribution >= 0.6 is 27.7 Å². The van der Waals surface area contributed by atoms with Crippen LogP contribution in [-0.2, 0) is 0 Å². The quantitative estimate of drug-likeness (QED) is 0.539. The molecule has 0 N–H and O–H groups in total. The lowest BCUT2D eigenvalue weighted by atomic mass is 10.1. The fourth-order valence-corrected chi connectivity index (χ4v) is 3.26. The zero-order valence-corrected chi connectivity index (χ0v) is 11.0. The molecule has 0 heterocycles. The van der Waals surface area contributed by atoms with Crippen molar-refractivity contribution in [3.05, 3.63) is 30.3 Å². The van der Waals surface area contributed by atoms with Crippen LogP contribution < -0.4 is 0 Å². The molecule has 0 saturated heterocycles. The third-order valence-corrected chi connectivity index (χ3v) is 4.30. The summed E-state index contributed by atoms with van der Waals surface area (Å²) >= 11 is 5.54. The van der Waals surface area contributed by atoms with Gasteiger partial charge < -0.3 is 0 Å². The van der Waals surface area contributed by atoms with E-state index in [9.17, 15) is 0 Å². The molecule has 0 spiro atoms. The summed E-state index contributed by atoms with van der Waals surface area (Å²) in [5.41, 5.74) is 0. The minimum absolute atomic E-state index is 0.810. The van der Waals surface area contributed by atoms with E-state index in [2.05, 4.69) is 53.2 Å². The molecule has 0 nitrogen and oxygen atoms in total. The molecule has 0 aliphatic heterocycles. The maximum absolute atomic E-state index is 3.58. The van der Waals surface area contributed by atoms with Crippen LogP contribution in [0.2, 0.25) is 0 Å². The molecule has 0 radical (unpaired) electrons. The molecule has 0 amide bonds. The van der Waals surface area contributed by atoms with E-state index < -0.39 is 0 Å². The maximum Gasteiger partial charge on any atom is 0.00720 e. The van der Waals surface area contributed by atoms with Crippen LogP contribution in [0.4, 0.5) is 0 Å². The smallest absolute Gasteiger partial charge is 0.00720 e. The lowest BCUT2D eigenvalue weighted by Gasteiger charge is -2.11. The Morgan fingerprint density at radius 2 is 2.00 bits per heavy atom. The summed E-state index contributed by atoms with van der Waals surface area (Å²) in [6.45, 7) is 2.25. The van der Waals surface area contributed by atoms with Crippen LogP contribution in [-0.4, -0.2) is 11.1 Å². The van der Waals surface area contributed by atoms with Gasteiger partial charge in [0.1, 0.15) is 0 Å². The summed E-state index contributed by atoms with van der Waals surface area (Å²) in [7, 11) is 0. The van der Waals surface area contributed by atoms with Crippen LogP contribution in [0.1, 0.15) is 19.8 Å². The van der Waals surface area contributed by atoms with Crippen molar-refractivity contribution in [3.8, 4) is 0 Å². The minimum atomic E-state index is 0.810. The Morgan fingerprint density at radius 1 is 1.29 bits per heavy atom. The molecule has 1 unspecified atom stereocenters. The van der Waals surface area contributed by atoms with Crippen molar-refractivity contribution in [2.45, 2.75) is 24.7 Å². The van der Waals surface area contributed by atoms with E-state index in [-0.39, 0.29) is 0 Å². The molecule has 0 aliphatic rings. The second-order valence-corrected chi connectivity index (χ2v) is 5.17. The van der Waals surface area contributed by atoms with Gasteiger partial charge >= 0.3 is 0 Å². The molecular weight excluding hydrogens is 256 g/mol. The van der Waals surface area contributed by atoms with Gasteiger partial charge in [-0.2, -0.15) is 0 Å². The molecule has 1 rings (SSSR count). The SMILES string of the molecule is CCCC(CBr)CSc1ccccc1. The molecule has 1 atom stereocenters. The zero-order chi connectivity index (χ0) is 10.2. The normalized spacial score (nSPS) is 12.7. The van der Waals surface area contributed by atoms with Crippen molar-refractivity contribution in [2.75, 3.05) is 11.1 Å². The highest BCUT2D eigenvalue weighted by atomic mass is 79.9. The molecule has 78 valence electrons. The Hall–Kier alpha value is 0.0500. The third-order valence-electron chi connectivity index (χ3n) is 2.14. The van der Waals surface area contributed by atoms with E-state index in [0.717, 1.165) is 11.2 Å². The monoisotopic (exact) mass is 272 g/mol. The fraction of sp³-hybridized carbons (Fsp3) is 0.500. The predicted molar refractivity (Wildman–Crippen MR) is 69.4 cm³/mol. The molecule has 0 fully saturated rings. The van der Waals surface area contributed by atoms with Crippen molar-refractivity contribution >= 4 is 27.7 Å². The van der Waals surface area contributed by atoms with E-state index in [4.69, 9.17) is 0 Å². The highest BCUT2D eigenvalue weighted by Crippen LogP contribution is 2.23. The van der Waals surface area contributed by atoms with E-state index in [1.165, 1.54) is 23.5 Å². The average molecular weight is 273 g/mol. The van der Waals surface area contributed by atoms with Gasteiger partial charge in [-0.1, -0.05) is 47.5 Å². The minimum Gasteiger partial charge on any atom is -0.126 e. The number of thioether (sulfide) groups is 1. The number of hydrogen-bond acceptors (Lipinski definition) is 1. The molecule has 14 heavy (non-hydrogen) atoms. The number of hydrogen-bond donors (Lipinski definition) is 0. The van der Waals surface area contributed by atoms with E-state index in [0.29, 0.717) is 0 Å². The van der Waals surface area contributed by atoms with Gasteiger partial charge in [0.05, 0.1) is 0 Å². The Balaban J connectivity index is 2.32. The van der Waals surface area contributed by atoms with Crippen LogP contribution in [0.25, 0.3) is 0 Å². The molecule has 0 aliphatic carbocycles. The fourth-order valence-electron chi connectivity index (χ4n) is 1.34. The molecular formula is C12H17BrS. The van der Waals surface area contributed by atoms with Crippen molar-refractivity contribution in [2.24, 2.45) is 5.92 Å². The number of rotatable bonds is 6. The van der Waals surface area contributed by atoms with Gasteiger partial charge in [-0.05, 0) is 24.5 Å². The first-order valence-corrected chi connectivity index (χ1v) is 7.21. The third kappa shape index (κ3) is 4.52. The van der Waals surface area contributed by atoms with E-state index >= 15 is 0 Å². The summed E-state index contributed by atoms with van der Waals surface area (Å²) in [5.74, 6) is 2.04. The maximum atomic E-state index is 3.58. The van der Waals surface area contributed by atoms with E-state index in [1.54, 1.807) is 0 Å². The summed E-state index contributed by atoms with van der Waals surface area (Å²) < 4.78 is 0. The Morgan fingerprint density at radius 3 is 2.57 bits per heavy atom. The number of halogens is 1. The topological polar surface area (TPSA) is 0 Å². The summed E-state index contributed by atoms with van der Waals surface area (Å²) in [6, 6.07) is 10.6. The van der Waals surface area contributed by atoms with Crippen molar-refractivity contribution < 1.29 is 0 Å². The lowest BCUT2D eigenvalue weighted by molar-refractivity contribution is 0.597. The van der Waals surface area contributed by atoms with Gasteiger partial charge in [-0.3, -0.25) is 0 Å². The van der Waals surface area contributed by atoms with Crippen LogP contribution in [0.3, 0.4) is 0 Å². The Labute approximate surface area is 99.6 Å². The zero-order valence-electron chi connectivity index (χ0n) is 8.58. The summed E-state index contributed by atoms with van der Waals surface area (Å²) in [5, 5.41) is 1.13. The summed E-state index contributed by atoms with van der Waals surface area (Å²) in [4.78, 5) is 1.38. The van der Waals surface area contributed by atoms with Gasteiger partial charge in [0.15, 0.2) is 0 Å². The highest BCUT2D eigenvalue weighted by molar-refractivity contribution is 9.09. The molecule has 0 saturated carbocycles. The van der Waals surface area contributed by atoms with Crippen LogP contribution in [0.5, 0.6) is 0 Å².